The van der Waals surface area contributed by atoms with Gasteiger partial charge in [-0.1, -0.05) is 39.5 Å². The third kappa shape index (κ3) is 2.65. The molecule has 0 amide bonds. The summed E-state index contributed by atoms with van der Waals surface area (Å²) >= 11 is 0. The fourth-order valence-electron chi connectivity index (χ4n) is 2.43. The van der Waals surface area contributed by atoms with E-state index >= 15 is 0 Å². The first-order valence-corrected chi connectivity index (χ1v) is 6.03. The van der Waals surface area contributed by atoms with Crippen molar-refractivity contribution in [3.05, 3.63) is 0 Å². The van der Waals surface area contributed by atoms with Crippen LogP contribution in [0.5, 0.6) is 0 Å². The van der Waals surface area contributed by atoms with Crippen LogP contribution in [0.4, 0.5) is 0 Å². The van der Waals surface area contributed by atoms with Gasteiger partial charge in [-0.3, -0.25) is 4.79 Å². The maximum atomic E-state index is 10.9. The van der Waals surface area contributed by atoms with Crippen LogP contribution in [0.15, 0.2) is 0 Å². The normalized spacial score (nSPS) is 21.1. The second kappa shape index (κ2) is 4.59. The predicted octanol–water partition coefficient (Wildman–Crippen LogP) is 2.55. The average molecular weight is 222 g/mol. The van der Waals surface area contributed by atoms with Crippen LogP contribution in [0.25, 0.3) is 0 Å². The molecule has 0 saturated heterocycles. The van der Waals surface area contributed by atoms with Crippen molar-refractivity contribution < 1.29 is 9.90 Å². The van der Waals surface area contributed by atoms with E-state index in [-0.39, 0.29) is 17.1 Å². The molecule has 2 heteroatoms. The smallest absolute Gasteiger partial charge is 0.202 e. The molecule has 0 aromatic rings. The summed E-state index contributed by atoms with van der Waals surface area (Å²) in [6, 6.07) is 0. The molecule has 90 valence electrons. The molecule has 1 saturated carbocycles. The lowest BCUT2D eigenvalue weighted by atomic mass is 9.68. The van der Waals surface area contributed by atoms with Crippen molar-refractivity contribution in [2.45, 2.75) is 59.0 Å². The van der Waals surface area contributed by atoms with Crippen LogP contribution in [-0.2, 0) is 4.79 Å². The molecule has 1 fully saturated rings. The lowest BCUT2D eigenvalue weighted by Crippen LogP contribution is -2.47. The number of rotatable bonds is 1. The van der Waals surface area contributed by atoms with Crippen LogP contribution >= 0.6 is 0 Å². The van der Waals surface area contributed by atoms with Crippen LogP contribution < -0.4 is 0 Å². The van der Waals surface area contributed by atoms with Crippen molar-refractivity contribution in [2.24, 2.45) is 11.3 Å². The highest BCUT2D eigenvalue weighted by atomic mass is 16.3. The topological polar surface area (TPSA) is 37.3 Å². The summed E-state index contributed by atoms with van der Waals surface area (Å²) in [5.74, 6) is 5.39. The summed E-state index contributed by atoms with van der Waals surface area (Å²) in [7, 11) is 0. The van der Waals surface area contributed by atoms with E-state index in [4.69, 9.17) is 0 Å². The fourth-order valence-corrected chi connectivity index (χ4v) is 2.43. The molecule has 16 heavy (non-hydrogen) atoms. The second-order valence-electron chi connectivity index (χ2n) is 5.80. The molecule has 1 atom stereocenters. The number of Topliss-reactive ketones (excluding diaryl/α,β-unsaturated/α-hetero) is 1. The lowest BCUT2D eigenvalue weighted by molar-refractivity contribution is -0.112. The van der Waals surface area contributed by atoms with E-state index in [0.717, 1.165) is 25.7 Å². The van der Waals surface area contributed by atoms with Gasteiger partial charge in [0, 0.05) is 12.3 Å². The van der Waals surface area contributed by atoms with Crippen LogP contribution in [0.1, 0.15) is 53.4 Å². The van der Waals surface area contributed by atoms with Crippen molar-refractivity contribution >= 4 is 5.78 Å². The van der Waals surface area contributed by atoms with Gasteiger partial charge in [0.1, 0.15) is 5.60 Å². The van der Waals surface area contributed by atoms with E-state index in [1.54, 1.807) is 0 Å². The molecule has 1 unspecified atom stereocenters. The zero-order valence-corrected chi connectivity index (χ0v) is 10.8. The zero-order chi connectivity index (χ0) is 12.4. The Balaban J connectivity index is 3.03. The molecule has 0 spiro atoms. The van der Waals surface area contributed by atoms with Crippen LogP contribution in [0, 0.1) is 23.2 Å². The fraction of sp³-hybridized carbons (Fsp3) is 0.786. The summed E-state index contributed by atoms with van der Waals surface area (Å²) in [6.07, 6.45) is 4.34. The van der Waals surface area contributed by atoms with E-state index in [1.807, 2.05) is 20.8 Å². The standard InChI is InChI=1S/C14H22O2/c1-11(15)9-10-14(16,13(2,3)4)12-7-5-6-8-12/h12,16H,5-8H2,1-4H3. The number of aliphatic hydroxyl groups is 1. The molecule has 0 aromatic carbocycles. The van der Waals surface area contributed by atoms with Gasteiger partial charge in [-0.25, -0.2) is 0 Å². The van der Waals surface area contributed by atoms with Gasteiger partial charge in [0.2, 0.25) is 5.78 Å². The second-order valence-corrected chi connectivity index (χ2v) is 5.80. The van der Waals surface area contributed by atoms with E-state index < -0.39 is 5.60 Å². The van der Waals surface area contributed by atoms with E-state index in [9.17, 15) is 9.90 Å². The highest BCUT2D eigenvalue weighted by molar-refractivity contribution is 5.93. The molecule has 1 aliphatic rings. The first-order valence-electron chi connectivity index (χ1n) is 6.03. The molecular weight excluding hydrogens is 200 g/mol. The average Bonchev–Trinajstić information content (AvgIpc) is 2.65. The maximum absolute atomic E-state index is 10.9. The Morgan fingerprint density at radius 2 is 1.75 bits per heavy atom. The highest BCUT2D eigenvalue weighted by Gasteiger charge is 2.46. The SMILES string of the molecule is CC(=O)C#CC(O)(C1CCCC1)C(C)(C)C. The van der Waals surface area contributed by atoms with Gasteiger partial charge in [-0.2, -0.15) is 0 Å². The Morgan fingerprint density at radius 3 is 2.12 bits per heavy atom. The van der Waals surface area contributed by atoms with Gasteiger partial charge in [-0.05, 0) is 24.7 Å². The Hall–Kier alpha value is -0.810. The Bertz CT molecular complexity index is 321. The molecule has 0 aromatic heterocycles. The minimum Gasteiger partial charge on any atom is -0.377 e. The maximum Gasteiger partial charge on any atom is 0.202 e. The van der Waals surface area contributed by atoms with Crippen molar-refractivity contribution in [1.29, 1.82) is 0 Å². The summed E-state index contributed by atoms with van der Waals surface area (Å²) < 4.78 is 0. The third-order valence-corrected chi connectivity index (χ3v) is 3.52. The van der Waals surface area contributed by atoms with Crippen molar-refractivity contribution in [3.63, 3.8) is 0 Å². The van der Waals surface area contributed by atoms with Crippen molar-refractivity contribution in [2.75, 3.05) is 0 Å². The Labute approximate surface area is 98.4 Å². The molecule has 1 rings (SSSR count). The molecule has 1 N–H and O–H groups in total. The first kappa shape index (κ1) is 13.3. The van der Waals surface area contributed by atoms with Crippen molar-refractivity contribution in [3.8, 4) is 11.8 Å². The molecule has 2 nitrogen and oxygen atoms in total. The Morgan fingerprint density at radius 1 is 1.25 bits per heavy atom. The summed E-state index contributed by atoms with van der Waals surface area (Å²) in [6.45, 7) is 7.39. The number of carbonyl (C=O) groups is 1. The molecule has 0 aliphatic heterocycles. The van der Waals surface area contributed by atoms with Gasteiger partial charge < -0.3 is 5.11 Å². The number of hydrogen-bond donors (Lipinski definition) is 1. The van der Waals surface area contributed by atoms with Crippen molar-refractivity contribution in [1.82, 2.24) is 0 Å². The van der Waals surface area contributed by atoms with E-state index in [2.05, 4.69) is 11.8 Å². The molecule has 0 radical (unpaired) electrons. The summed E-state index contributed by atoms with van der Waals surface area (Å²) in [5, 5.41) is 10.8. The third-order valence-electron chi connectivity index (χ3n) is 3.52. The van der Waals surface area contributed by atoms with E-state index in [0.29, 0.717) is 0 Å². The highest BCUT2D eigenvalue weighted by Crippen LogP contribution is 2.43. The summed E-state index contributed by atoms with van der Waals surface area (Å²) in [4.78, 5) is 10.9. The van der Waals surface area contributed by atoms with Gasteiger partial charge in [0.15, 0.2) is 0 Å². The number of carbonyl (C=O) groups excluding carboxylic acids is 1. The van der Waals surface area contributed by atoms with Gasteiger partial charge in [0.25, 0.3) is 0 Å². The van der Waals surface area contributed by atoms with Crippen LogP contribution in [-0.4, -0.2) is 16.5 Å². The number of hydrogen-bond acceptors (Lipinski definition) is 2. The largest absolute Gasteiger partial charge is 0.377 e. The molecule has 0 heterocycles. The van der Waals surface area contributed by atoms with Crippen LogP contribution in [0.3, 0.4) is 0 Å². The zero-order valence-electron chi connectivity index (χ0n) is 10.8. The minimum absolute atomic E-state index is 0.180. The van der Waals surface area contributed by atoms with E-state index in [1.165, 1.54) is 6.92 Å². The molecule has 1 aliphatic carbocycles. The van der Waals surface area contributed by atoms with Gasteiger partial charge in [-0.15, -0.1) is 0 Å². The Kier molecular flexibility index (Phi) is 3.80. The molecular formula is C14H22O2. The predicted molar refractivity (Wildman–Crippen MR) is 64.8 cm³/mol. The first-order chi connectivity index (χ1) is 7.27. The monoisotopic (exact) mass is 222 g/mol. The van der Waals surface area contributed by atoms with Crippen LogP contribution in [0.2, 0.25) is 0 Å². The minimum atomic E-state index is -1.03. The number of ketones is 1. The molecule has 0 bridgehead atoms. The van der Waals surface area contributed by atoms with Gasteiger partial charge >= 0.3 is 0 Å². The van der Waals surface area contributed by atoms with Gasteiger partial charge in [0.05, 0.1) is 0 Å². The lowest BCUT2D eigenvalue weighted by Gasteiger charge is -2.40. The quantitative estimate of drug-likeness (QED) is 0.547. The summed E-state index contributed by atoms with van der Waals surface area (Å²) in [5.41, 5.74) is -1.35.